The maximum Gasteiger partial charge on any atom is 0.211 e. The first kappa shape index (κ1) is 26.4. The summed E-state index contributed by atoms with van der Waals surface area (Å²) >= 11 is 0. The van der Waals surface area contributed by atoms with E-state index in [-0.39, 0.29) is 24.0 Å². The van der Waals surface area contributed by atoms with E-state index < -0.39 is 10.0 Å². The van der Waals surface area contributed by atoms with Crippen molar-refractivity contribution >= 4 is 40.0 Å². The van der Waals surface area contributed by atoms with Gasteiger partial charge in [-0.25, -0.2) is 17.4 Å². The number of nitrogens with one attached hydrogen (secondary N) is 2. The molecule has 0 spiro atoms. The Kier molecular flexibility index (Phi) is 10.8. The Bertz CT molecular complexity index is 943. The van der Waals surface area contributed by atoms with E-state index in [1.165, 1.54) is 10.6 Å². The highest BCUT2D eigenvalue weighted by atomic mass is 127. The van der Waals surface area contributed by atoms with E-state index in [0.717, 1.165) is 22.6 Å². The van der Waals surface area contributed by atoms with Gasteiger partial charge in [0.05, 0.1) is 17.6 Å². The second kappa shape index (κ2) is 12.3. The van der Waals surface area contributed by atoms with Gasteiger partial charge in [0.2, 0.25) is 10.0 Å². The zero-order valence-electron chi connectivity index (χ0n) is 18.3. The summed E-state index contributed by atoms with van der Waals surface area (Å²) in [6.07, 6.45) is 1.94. The molecule has 0 bridgehead atoms. The molecule has 0 aliphatic heterocycles. The summed E-state index contributed by atoms with van der Waals surface area (Å²) in [4.78, 5) is 4.25. The van der Waals surface area contributed by atoms with Crippen LogP contribution in [0.4, 0.5) is 0 Å². The summed E-state index contributed by atoms with van der Waals surface area (Å²) in [5, 5.41) is 11.1. The maximum atomic E-state index is 11.6. The van der Waals surface area contributed by atoms with Crippen LogP contribution >= 0.6 is 24.0 Å². The third-order valence-electron chi connectivity index (χ3n) is 4.60. The zero-order chi connectivity index (χ0) is 21.4. The Morgan fingerprint density at radius 3 is 2.50 bits per heavy atom. The van der Waals surface area contributed by atoms with Crippen LogP contribution in [-0.4, -0.2) is 61.4 Å². The fraction of sp³-hybridized carbons (Fsp3) is 0.500. The van der Waals surface area contributed by atoms with Crippen LogP contribution < -0.4 is 10.6 Å². The number of hydrogen-bond acceptors (Lipinski definition) is 4. The number of sulfonamides is 1. The Labute approximate surface area is 197 Å². The number of para-hydroxylation sites is 1. The molecule has 1 heterocycles. The van der Waals surface area contributed by atoms with Gasteiger partial charge in [-0.1, -0.05) is 25.1 Å². The molecule has 0 atom stereocenters. The van der Waals surface area contributed by atoms with Crippen molar-refractivity contribution in [3.63, 3.8) is 0 Å². The van der Waals surface area contributed by atoms with Crippen molar-refractivity contribution in [1.29, 1.82) is 0 Å². The van der Waals surface area contributed by atoms with Crippen molar-refractivity contribution in [2.24, 2.45) is 4.99 Å². The number of aliphatic imine (C=N–C) groups is 1. The highest BCUT2D eigenvalue weighted by Crippen LogP contribution is 2.16. The van der Waals surface area contributed by atoms with Crippen LogP contribution in [0.5, 0.6) is 0 Å². The number of hydrogen-bond donors (Lipinski definition) is 2. The van der Waals surface area contributed by atoms with Gasteiger partial charge in [-0.05, 0) is 38.0 Å². The molecule has 0 aliphatic carbocycles. The molecular weight excluding hydrogens is 515 g/mol. The summed E-state index contributed by atoms with van der Waals surface area (Å²) in [5.74, 6) is 0.676. The highest BCUT2D eigenvalue weighted by molar-refractivity contribution is 14.0. The second-order valence-electron chi connectivity index (χ2n) is 6.93. The van der Waals surface area contributed by atoms with Gasteiger partial charge in [0, 0.05) is 38.9 Å². The molecule has 10 heteroatoms. The van der Waals surface area contributed by atoms with Crippen molar-refractivity contribution in [2.75, 3.05) is 32.9 Å². The molecule has 30 heavy (non-hydrogen) atoms. The SMILES string of the molecule is CCN(CCCNC(=NC)NCc1ccccc1-n1nc(C)cc1C)S(C)(=O)=O.I. The molecule has 1 aromatic heterocycles. The molecule has 0 aliphatic rings. The summed E-state index contributed by atoms with van der Waals surface area (Å²) in [7, 11) is -1.43. The summed E-state index contributed by atoms with van der Waals surface area (Å²) in [5.41, 5.74) is 4.21. The molecule has 2 aromatic rings. The van der Waals surface area contributed by atoms with Gasteiger partial charge in [-0.2, -0.15) is 5.10 Å². The number of guanidine groups is 1. The van der Waals surface area contributed by atoms with Crippen molar-refractivity contribution in [3.05, 3.63) is 47.3 Å². The van der Waals surface area contributed by atoms with Crippen LogP contribution in [0.15, 0.2) is 35.3 Å². The monoisotopic (exact) mass is 548 g/mol. The fourth-order valence-electron chi connectivity index (χ4n) is 3.16. The van der Waals surface area contributed by atoms with Crippen LogP contribution in [-0.2, 0) is 16.6 Å². The Morgan fingerprint density at radius 1 is 1.23 bits per heavy atom. The fourth-order valence-corrected chi connectivity index (χ4v) is 4.09. The van der Waals surface area contributed by atoms with E-state index in [1.54, 1.807) is 7.05 Å². The Morgan fingerprint density at radius 2 is 1.93 bits per heavy atom. The first-order chi connectivity index (χ1) is 13.8. The van der Waals surface area contributed by atoms with Crippen LogP contribution in [0.3, 0.4) is 0 Å². The van der Waals surface area contributed by atoms with Gasteiger partial charge in [0.15, 0.2) is 5.96 Å². The van der Waals surface area contributed by atoms with Crippen LogP contribution in [0.1, 0.15) is 30.3 Å². The van der Waals surface area contributed by atoms with Gasteiger partial charge in [-0.3, -0.25) is 4.99 Å². The minimum atomic E-state index is -3.15. The first-order valence-electron chi connectivity index (χ1n) is 9.77. The third-order valence-corrected chi connectivity index (χ3v) is 5.98. The number of halogens is 1. The molecule has 0 amide bonds. The molecule has 0 fully saturated rings. The molecular formula is C20H33IN6O2S. The van der Waals surface area contributed by atoms with E-state index in [1.807, 2.05) is 37.6 Å². The van der Waals surface area contributed by atoms with Crippen molar-refractivity contribution in [2.45, 2.75) is 33.7 Å². The van der Waals surface area contributed by atoms with E-state index >= 15 is 0 Å². The number of benzene rings is 1. The van der Waals surface area contributed by atoms with E-state index in [4.69, 9.17) is 0 Å². The lowest BCUT2D eigenvalue weighted by molar-refractivity contribution is 0.424. The van der Waals surface area contributed by atoms with E-state index in [0.29, 0.717) is 38.6 Å². The minimum absolute atomic E-state index is 0. The average Bonchev–Trinajstić information content (AvgIpc) is 3.01. The van der Waals surface area contributed by atoms with Crippen molar-refractivity contribution < 1.29 is 8.42 Å². The lowest BCUT2D eigenvalue weighted by Gasteiger charge is -2.18. The van der Waals surface area contributed by atoms with Gasteiger partial charge >= 0.3 is 0 Å². The van der Waals surface area contributed by atoms with Gasteiger partial charge < -0.3 is 10.6 Å². The molecule has 0 unspecified atom stereocenters. The third kappa shape index (κ3) is 7.55. The van der Waals surface area contributed by atoms with Crippen molar-refractivity contribution in [3.8, 4) is 5.69 Å². The summed E-state index contributed by atoms with van der Waals surface area (Å²) < 4.78 is 26.7. The predicted molar refractivity (Wildman–Crippen MR) is 133 cm³/mol. The molecule has 0 saturated carbocycles. The summed E-state index contributed by atoms with van der Waals surface area (Å²) in [6.45, 7) is 8.06. The largest absolute Gasteiger partial charge is 0.356 e. The number of aryl methyl sites for hydroxylation is 2. The quantitative estimate of drug-likeness (QED) is 0.218. The van der Waals surface area contributed by atoms with Crippen LogP contribution in [0.25, 0.3) is 5.69 Å². The average molecular weight is 548 g/mol. The topological polar surface area (TPSA) is 91.6 Å². The van der Waals surface area contributed by atoms with Crippen molar-refractivity contribution in [1.82, 2.24) is 24.7 Å². The minimum Gasteiger partial charge on any atom is -0.356 e. The Hall–Kier alpha value is -1.66. The highest BCUT2D eigenvalue weighted by Gasteiger charge is 2.13. The molecule has 0 radical (unpaired) electrons. The number of nitrogens with zero attached hydrogens (tertiary/aromatic N) is 4. The Balaban J connectivity index is 0.00000450. The lowest BCUT2D eigenvalue weighted by atomic mass is 10.1. The maximum absolute atomic E-state index is 11.6. The zero-order valence-corrected chi connectivity index (χ0v) is 21.5. The predicted octanol–water partition coefficient (Wildman–Crippen LogP) is 2.44. The smallest absolute Gasteiger partial charge is 0.211 e. The normalized spacial score (nSPS) is 12.0. The lowest BCUT2D eigenvalue weighted by Crippen LogP contribution is -2.39. The van der Waals surface area contributed by atoms with Crippen LogP contribution in [0.2, 0.25) is 0 Å². The number of rotatable bonds is 9. The standard InChI is InChI=1S/C20H32N6O2S.HI/c1-6-25(29(5,27)28)13-9-12-22-20(21-4)23-15-18-10-7-8-11-19(18)26-17(3)14-16(2)24-26;/h7-8,10-11,14H,6,9,12-13,15H2,1-5H3,(H2,21,22,23);1H. The number of aromatic nitrogens is 2. The van der Waals surface area contributed by atoms with E-state index in [2.05, 4.69) is 38.9 Å². The van der Waals surface area contributed by atoms with Gasteiger partial charge in [0.1, 0.15) is 0 Å². The molecule has 2 N–H and O–H groups in total. The molecule has 2 rings (SSSR count). The molecule has 1 aromatic carbocycles. The first-order valence-corrected chi connectivity index (χ1v) is 11.6. The molecule has 0 saturated heterocycles. The summed E-state index contributed by atoms with van der Waals surface area (Å²) in [6, 6.07) is 10.2. The molecule has 168 valence electrons. The van der Waals surface area contributed by atoms with Crippen LogP contribution in [0, 0.1) is 13.8 Å². The second-order valence-corrected chi connectivity index (χ2v) is 8.91. The van der Waals surface area contributed by atoms with Gasteiger partial charge in [0.25, 0.3) is 0 Å². The molecule has 8 nitrogen and oxygen atoms in total. The van der Waals surface area contributed by atoms with E-state index in [9.17, 15) is 8.42 Å². The van der Waals surface area contributed by atoms with Gasteiger partial charge in [-0.15, -0.1) is 24.0 Å².